The summed E-state index contributed by atoms with van der Waals surface area (Å²) in [5.41, 5.74) is 5.67. The molecule has 1 aromatic carbocycles. The van der Waals surface area contributed by atoms with Crippen molar-refractivity contribution in [2.45, 2.75) is 19.4 Å². The summed E-state index contributed by atoms with van der Waals surface area (Å²) in [5.74, 6) is -0.348. The van der Waals surface area contributed by atoms with E-state index in [1.165, 1.54) is 6.07 Å². The van der Waals surface area contributed by atoms with E-state index in [0.717, 1.165) is 12.8 Å². The molecule has 2 rings (SSSR count). The van der Waals surface area contributed by atoms with Crippen molar-refractivity contribution >= 4 is 5.91 Å². The molecule has 0 unspecified atom stereocenters. The third-order valence-electron chi connectivity index (χ3n) is 3.12. The zero-order valence-corrected chi connectivity index (χ0v) is 9.00. The highest BCUT2D eigenvalue weighted by Gasteiger charge is 2.48. The Hall–Kier alpha value is -1.42. The quantitative estimate of drug-likeness (QED) is 0.803. The molecule has 1 fully saturated rings. The minimum atomic E-state index is -0.370. The first-order chi connectivity index (χ1) is 7.68. The van der Waals surface area contributed by atoms with Crippen LogP contribution in [0.4, 0.5) is 4.39 Å². The van der Waals surface area contributed by atoms with E-state index >= 15 is 0 Å². The van der Waals surface area contributed by atoms with Crippen LogP contribution in [0.3, 0.4) is 0 Å². The largest absolute Gasteiger partial charge is 0.351 e. The standard InChI is InChI=1S/C12H15FN2O/c13-10-4-2-1-3-9(10)7-15-11(16)12(8-14)5-6-12/h1-4H,5-8,14H2,(H,15,16). The first-order valence-electron chi connectivity index (χ1n) is 5.40. The zero-order chi connectivity index (χ0) is 11.6. The van der Waals surface area contributed by atoms with E-state index in [1.54, 1.807) is 18.2 Å². The number of rotatable bonds is 4. The average Bonchev–Trinajstić information content (AvgIpc) is 3.08. The molecule has 0 saturated heterocycles. The Morgan fingerprint density at radius 1 is 1.44 bits per heavy atom. The lowest BCUT2D eigenvalue weighted by atomic mass is 10.1. The Bertz CT molecular complexity index is 402. The van der Waals surface area contributed by atoms with Gasteiger partial charge in [0.15, 0.2) is 0 Å². The Morgan fingerprint density at radius 2 is 2.12 bits per heavy atom. The lowest BCUT2D eigenvalue weighted by molar-refractivity contribution is -0.126. The van der Waals surface area contributed by atoms with Gasteiger partial charge >= 0.3 is 0 Å². The molecule has 0 radical (unpaired) electrons. The van der Waals surface area contributed by atoms with Crippen LogP contribution in [0.2, 0.25) is 0 Å². The van der Waals surface area contributed by atoms with Gasteiger partial charge in [0, 0.05) is 18.7 Å². The summed E-state index contributed by atoms with van der Waals surface area (Å²) in [6, 6.07) is 6.43. The van der Waals surface area contributed by atoms with E-state index in [4.69, 9.17) is 5.73 Å². The van der Waals surface area contributed by atoms with Crippen molar-refractivity contribution in [3.05, 3.63) is 35.6 Å². The highest BCUT2D eigenvalue weighted by atomic mass is 19.1. The number of halogens is 1. The smallest absolute Gasteiger partial charge is 0.227 e. The highest BCUT2D eigenvalue weighted by Crippen LogP contribution is 2.44. The normalized spacial score (nSPS) is 16.9. The van der Waals surface area contributed by atoms with Gasteiger partial charge < -0.3 is 11.1 Å². The summed E-state index contributed by atoms with van der Waals surface area (Å²) >= 11 is 0. The van der Waals surface area contributed by atoms with Gasteiger partial charge in [-0.25, -0.2) is 4.39 Å². The summed E-state index contributed by atoms with van der Waals surface area (Å²) in [4.78, 5) is 11.7. The van der Waals surface area contributed by atoms with E-state index < -0.39 is 0 Å². The molecule has 1 aromatic rings. The number of carbonyl (C=O) groups is 1. The minimum Gasteiger partial charge on any atom is -0.351 e. The second-order valence-corrected chi connectivity index (χ2v) is 4.26. The fraction of sp³-hybridized carbons (Fsp3) is 0.417. The van der Waals surface area contributed by atoms with Crippen molar-refractivity contribution in [1.82, 2.24) is 5.32 Å². The molecule has 0 aromatic heterocycles. The Kier molecular flexibility index (Phi) is 2.92. The van der Waals surface area contributed by atoms with Crippen LogP contribution in [-0.2, 0) is 11.3 Å². The molecule has 16 heavy (non-hydrogen) atoms. The van der Waals surface area contributed by atoms with Gasteiger partial charge in [0.25, 0.3) is 0 Å². The predicted molar refractivity (Wildman–Crippen MR) is 59.0 cm³/mol. The first kappa shape index (κ1) is 11.1. The minimum absolute atomic E-state index is 0.0572. The summed E-state index contributed by atoms with van der Waals surface area (Å²) in [7, 11) is 0. The number of nitrogens with two attached hydrogens (primary N) is 1. The van der Waals surface area contributed by atoms with Gasteiger partial charge in [-0.1, -0.05) is 18.2 Å². The molecule has 4 heteroatoms. The SMILES string of the molecule is NCC1(C(=O)NCc2ccccc2F)CC1. The van der Waals surface area contributed by atoms with Gasteiger partial charge in [-0.15, -0.1) is 0 Å². The fourth-order valence-corrected chi connectivity index (χ4v) is 1.68. The van der Waals surface area contributed by atoms with Gasteiger partial charge in [-0.2, -0.15) is 0 Å². The maximum Gasteiger partial charge on any atom is 0.227 e. The average molecular weight is 222 g/mol. The summed E-state index contributed by atoms with van der Waals surface area (Å²) < 4.78 is 13.3. The second kappa shape index (κ2) is 4.22. The third kappa shape index (κ3) is 2.07. The van der Waals surface area contributed by atoms with Crippen molar-refractivity contribution in [3.63, 3.8) is 0 Å². The maximum absolute atomic E-state index is 13.3. The Morgan fingerprint density at radius 3 is 2.69 bits per heavy atom. The molecular weight excluding hydrogens is 207 g/mol. The summed E-state index contributed by atoms with van der Waals surface area (Å²) in [6.45, 7) is 0.601. The van der Waals surface area contributed by atoms with Crippen LogP contribution in [0.5, 0.6) is 0 Å². The number of hydrogen-bond acceptors (Lipinski definition) is 2. The van der Waals surface area contributed by atoms with Crippen molar-refractivity contribution in [3.8, 4) is 0 Å². The van der Waals surface area contributed by atoms with E-state index in [1.807, 2.05) is 0 Å². The van der Waals surface area contributed by atoms with Crippen LogP contribution in [0.25, 0.3) is 0 Å². The molecule has 0 bridgehead atoms. The molecule has 0 heterocycles. The first-order valence-corrected chi connectivity index (χ1v) is 5.40. The van der Waals surface area contributed by atoms with E-state index in [9.17, 15) is 9.18 Å². The van der Waals surface area contributed by atoms with Gasteiger partial charge in [0.1, 0.15) is 5.82 Å². The van der Waals surface area contributed by atoms with Crippen LogP contribution >= 0.6 is 0 Å². The molecule has 0 aliphatic heterocycles. The van der Waals surface area contributed by atoms with Crippen molar-refractivity contribution < 1.29 is 9.18 Å². The molecule has 1 aliphatic carbocycles. The Balaban J connectivity index is 1.93. The maximum atomic E-state index is 13.3. The molecule has 1 amide bonds. The topological polar surface area (TPSA) is 55.1 Å². The van der Waals surface area contributed by atoms with Gasteiger partial charge in [-0.3, -0.25) is 4.79 Å². The van der Waals surface area contributed by atoms with Crippen LogP contribution in [0, 0.1) is 11.2 Å². The summed E-state index contributed by atoms with van der Waals surface area (Å²) in [5, 5.41) is 2.73. The molecule has 0 atom stereocenters. The number of hydrogen-bond donors (Lipinski definition) is 2. The number of carbonyl (C=O) groups excluding carboxylic acids is 1. The molecule has 1 aliphatic rings. The third-order valence-corrected chi connectivity index (χ3v) is 3.12. The van der Waals surface area contributed by atoms with E-state index in [0.29, 0.717) is 12.1 Å². The highest BCUT2D eigenvalue weighted by molar-refractivity contribution is 5.85. The summed E-state index contributed by atoms with van der Waals surface area (Å²) in [6.07, 6.45) is 1.68. The second-order valence-electron chi connectivity index (χ2n) is 4.26. The number of nitrogens with one attached hydrogen (secondary N) is 1. The van der Waals surface area contributed by atoms with Gasteiger partial charge in [-0.05, 0) is 18.9 Å². The van der Waals surface area contributed by atoms with Gasteiger partial charge in [0.2, 0.25) is 5.91 Å². The Labute approximate surface area is 93.8 Å². The van der Waals surface area contributed by atoms with Crippen molar-refractivity contribution in [2.24, 2.45) is 11.1 Å². The van der Waals surface area contributed by atoms with Crippen LogP contribution < -0.4 is 11.1 Å². The van der Waals surface area contributed by atoms with Crippen LogP contribution in [0.15, 0.2) is 24.3 Å². The molecule has 0 spiro atoms. The lowest BCUT2D eigenvalue weighted by Crippen LogP contribution is -2.36. The van der Waals surface area contributed by atoms with Crippen LogP contribution in [-0.4, -0.2) is 12.5 Å². The molecule has 3 N–H and O–H groups in total. The molecule has 86 valence electrons. The molecule has 3 nitrogen and oxygen atoms in total. The lowest BCUT2D eigenvalue weighted by Gasteiger charge is -2.12. The van der Waals surface area contributed by atoms with E-state index in [-0.39, 0.29) is 23.7 Å². The van der Waals surface area contributed by atoms with E-state index in [2.05, 4.69) is 5.32 Å². The monoisotopic (exact) mass is 222 g/mol. The predicted octanol–water partition coefficient (Wildman–Crippen LogP) is 1.18. The number of benzene rings is 1. The van der Waals surface area contributed by atoms with Crippen molar-refractivity contribution in [2.75, 3.05) is 6.54 Å². The van der Waals surface area contributed by atoms with Gasteiger partial charge in [0.05, 0.1) is 5.41 Å². The van der Waals surface area contributed by atoms with Crippen LogP contribution in [0.1, 0.15) is 18.4 Å². The molecular formula is C12H15FN2O. The zero-order valence-electron chi connectivity index (χ0n) is 9.00. The molecule has 1 saturated carbocycles. The van der Waals surface area contributed by atoms with Crippen molar-refractivity contribution in [1.29, 1.82) is 0 Å². The number of amides is 1. The fourth-order valence-electron chi connectivity index (χ4n) is 1.68.